The second kappa shape index (κ2) is 14.8. The van der Waals surface area contributed by atoms with E-state index < -0.39 is 0 Å². The Labute approximate surface area is 288 Å². The zero-order valence-corrected chi connectivity index (χ0v) is 28.7. The summed E-state index contributed by atoms with van der Waals surface area (Å²) in [6.45, 7) is 9.63. The van der Waals surface area contributed by atoms with Gasteiger partial charge in [-0.3, -0.25) is 14.7 Å². The largest absolute Gasteiger partial charge is 0.350 e. The summed E-state index contributed by atoms with van der Waals surface area (Å²) < 4.78 is 1.82. The van der Waals surface area contributed by atoms with Crippen LogP contribution in [0.2, 0.25) is 0 Å². The Morgan fingerprint density at radius 2 is 1.84 bits per heavy atom. The van der Waals surface area contributed by atoms with Crippen molar-refractivity contribution >= 4 is 34.1 Å². The lowest BCUT2D eigenvalue weighted by molar-refractivity contribution is -0.114. The Morgan fingerprint density at radius 1 is 1.02 bits per heavy atom. The van der Waals surface area contributed by atoms with Gasteiger partial charge in [-0.1, -0.05) is 68.8 Å². The predicted molar refractivity (Wildman–Crippen MR) is 197 cm³/mol. The number of carbonyl (C=O) groups excluding carboxylic acids is 1. The number of fused-ring (bicyclic) bond motifs is 2. The van der Waals surface area contributed by atoms with Crippen molar-refractivity contribution in [2.24, 2.45) is 5.73 Å². The molecule has 2 saturated heterocycles. The number of ketones is 1. The third-order valence-corrected chi connectivity index (χ3v) is 9.86. The number of hydrogen-bond acceptors (Lipinski definition) is 9. The molecule has 0 saturated carbocycles. The minimum absolute atomic E-state index is 0.130. The predicted octanol–water partition coefficient (Wildman–Crippen LogP) is 6.16. The van der Waals surface area contributed by atoms with Crippen LogP contribution in [0.1, 0.15) is 68.6 Å². The molecule has 2 aliphatic heterocycles. The molecule has 0 atom stereocenters. The van der Waals surface area contributed by atoms with Gasteiger partial charge in [-0.05, 0) is 73.3 Å². The summed E-state index contributed by atoms with van der Waals surface area (Å²) in [6.07, 6.45) is 13.6. The molecule has 2 fully saturated rings. The van der Waals surface area contributed by atoms with Gasteiger partial charge >= 0.3 is 0 Å². The highest BCUT2D eigenvalue weighted by atomic mass is 16.1. The summed E-state index contributed by atoms with van der Waals surface area (Å²) in [5.74, 6) is 1.77. The number of aromatic nitrogens is 5. The molecule has 0 aliphatic carbocycles. The molecule has 5 heterocycles. The number of benzene rings is 2. The van der Waals surface area contributed by atoms with Crippen molar-refractivity contribution in [3.05, 3.63) is 89.8 Å². The van der Waals surface area contributed by atoms with Gasteiger partial charge in [-0.25, -0.2) is 0 Å². The molecular formula is C39H47N9O. The van der Waals surface area contributed by atoms with Crippen molar-refractivity contribution in [3.8, 4) is 11.3 Å². The maximum absolute atomic E-state index is 12.8. The van der Waals surface area contributed by atoms with Gasteiger partial charge in [0.05, 0.1) is 11.9 Å². The molecule has 254 valence electrons. The quantitative estimate of drug-likeness (QED) is 0.161. The highest BCUT2D eigenvalue weighted by Gasteiger charge is 2.22. The molecule has 7 rings (SSSR count). The fourth-order valence-corrected chi connectivity index (χ4v) is 7.01. The zero-order valence-electron chi connectivity index (χ0n) is 28.7. The summed E-state index contributed by atoms with van der Waals surface area (Å²) in [4.78, 5) is 32.3. The van der Waals surface area contributed by atoms with E-state index in [2.05, 4.69) is 70.5 Å². The monoisotopic (exact) mass is 657 g/mol. The van der Waals surface area contributed by atoms with Crippen LogP contribution in [0, 0.1) is 0 Å². The molecule has 10 heteroatoms. The molecule has 0 spiro atoms. The van der Waals surface area contributed by atoms with Crippen molar-refractivity contribution in [1.29, 1.82) is 0 Å². The van der Waals surface area contributed by atoms with Crippen molar-refractivity contribution in [2.75, 3.05) is 42.9 Å². The number of hydrogen-bond donors (Lipinski definition) is 2. The molecule has 2 aromatic carbocycles. The summed E-state index contributed by atoms with van der Waals surface area (Å²) in [5.41, 5.74) is 12.2. The van der Waals surface area contributed by atoms with Gasteiger partial charge in [0, 0.05) is 61.4 Å². The number of likely N-dealkylation sites (tertiary alicyclic amines) is 1. The SMILES string of the molecule is CC(C)c1cnn2c(NCc3ccccc3-c3nccc4cc(CC(=O)/C=C/CN5CCCCC5)ccc34)nc(N3CCC(N)CC3)nc12. The summed E-state index contributed by atoms with van der Waals surface area (Å²) in [6, 6.07) is 16.9. The number of carbonyl (C=O) groups is 1. The number of piperidine rings is 2. The van der Waals surface area contributed by atoms with E-state index in [0.29, 0.717) is 24.9 Å². The molecule has 5 aromatic rings. The normalized spacial score (nSPS) is 16.4. The summed E-state index contributed by atoms with van der Waals surface area (Å²) >= 11 is 0. The fourth-order valence-electron chi connectivity index (χ4n) is 7.01. The Kier molecular flexibility index (Phi) is 9.95. The highest BCUT2D eigenvalue weighted by Crippen LogP contribution is 2.31. The van der Waals surface area contributed by atoms with E-state index in [-0.39, 0.29) is 17.7 Å². The second-order valence-electron chi connectivity index (χ2n) is 13.8. The smallest absolute Gasteiger partial charge is 0.230 e. The van der Waals surface area contributed by atoms with Crippen LogP contribution in [0.4, 0.5) is 11.9 Å². The maximum Gasteiger partial charge on any atom is 0.230 e. The fraction of sp³-hybridized carbons (Fsp3) is 0.410. The number of rotatable bonds is 11. The summed E-state index contributed by atoms with van der Waals surface area (Å²) in [7, 11) is 0. The molecule has 3 N–H and O–H groups in total. The number of nitrogens with zero attached hydrogens (tertiary/aromatic N) is 7. The number of pyridine rings is 1. The molecule has 0 unspecified atom stereocenters. The van der Waals surface area contributed by atoms with Crippen molar-refractivity contribution in [3.63, 3.8) is 0 Å². The van der Waals surface area contributed by atoms with Crippen LogP contribution in [0.5, 0.6) is 0 Å². The van der Waals surface area contributed by atoms with E-state index >= 15 is 0 Å². The first-order valence-electron chi connectivity index (χ1n) is 17.8. The lowest BCUT2D eigenvalue weighted by Gasteiger charge is -2.30. The Morgan fingerprint density at radius 3 is 2.65 bits per heavy atom. The maximum atomic E-state index is 12.8. The number of nitrogens with one attached hydrogen (secondary N) is 1. The number of nitrogens with two attached hydrogens (primary N) is 1. The van der Waals surface area contributed by atoms with Crippen LogP contribution in [0.15, 0.2) is 73.1 Å². The van der Waals surface area contributed by atoms with Crippen LogP contribution >= 0.6 is 0 Å². The Bertz CT molecular complexity index is 1950. The highest BCUT2D eigenvalue weighted by molar-refractivity contribution is 5.97. The molecular weight excluding hydrogens is 610 g/mol. The second-order valence-corrected chi connectivity index (χ2v) is 13.8. The molecule has 49 heavy (non-hydrogen) atoms. The van der Waals surface area contributed by atoms with E-state index in [9.17, 15) is 4.79 Å². The first-order chi connectivity index (χ1) is 23.9. The standard InChI is InChI=1S/C39H47N9O/c1-27(2)35-26-43-48-37(35)44-39(47-21-15-31(40)16-22-47)45-38(48)42-25-30-9-4-5-11-33(30)36-34-13-12-28(23-29(34)14-17-41-36)24-32(49)10-8-20-46-18-6-3-7-19-46/h4-5,8-14,17,23,26-27,31H,3,6-7,15-16,18-22,24-25,40H2,1-2H3,(H,42,44,45)/b10-8+. The lowest BCUT2D eigenvalue weighted by Crippen LogP contribution is -2.40. The van der Waals surface area contributed by atoms with E-state index in [1.807, 2.05) is 35.1 Å². The van der Waals surface area contributed by atoms with Crippen molar-refractivity contribution in [1.82, 2.24) is 29.5 Å². The average Bonchev–Trinajstić information content (AvgIpc) is 3.56. The molecule has 2 aliphatic rings. The van der Waals surface area contributed by atoms with E-state index in [0.717, 1.165) is 89.9 Å². The number of anilines is 2. The first-order valence-corrected chi connectivity index (χ1v) is 17.8. The van der Waals surface area contributed by atoms with Gasteiger partial charge in [-0.15, -0.1) is 0 Å². The lowest BCUT2D eigenvalue weighted by atomic mass is 9.97. The van der Waals surface area contributed by atoms with Gasteiger partial charge < -0.3 is 16.0 Å². The van der Waals surface area contributed by atoms with Gasteiger partial charge in [0.15, 0.2) is 11.4 Å². The van der Waals surface area contributed by atoms with E-state index in [1.54, 1.807) is 6.08 Å². The van der Waals surface area contributed by atoms with Crippen LogP contribution in [-0.4, -0.2) is 74.0 Å². The third-order valence-electron chi connectivity index (χ3n) is 9.86. The van der Waals surface area contributed by atoms with Crippen LogP contribution in [0.3, 0.4) is 0 Å². The summed E-state index contributed by atoms with van der Waals surface area (Å²) in [5, 5.41) is 10.4. The Hall–Kier alpha value is -4.67. The third kappa shape index (κ3) is 7.50. The van der Waals surface area contributed by atoms with E-state index in [1.165, 1.54) is 19.3 Å². The van der Waals surface area contributed by atoms with Crippen molar-refractivity contribution < 1.29 is 4.79 Å². The zero-order chi connectivity index (χ0) is 33.7. The molecule has 10 nitrogen and oxygen atoms in total. The minimum Gasteiger partial charge on any atom is -0.350 e. The molecule has 0 amide bonds. The van der Waals surface area contributed by atoms with Gasteiger partial charge in [-0.2, -0.15) is 19.6 Å². The molecule has 3 aromatic heterocycles. The number of allylic oxidation sites excluding steroid dienone is 1. The minimum atomic E-state index is 0.130. The first kappa shape index (κ1) is 32.9. The van der Waals surface area contributed by atoms with Gasteiger partial charge in [0.25, 0.3) is 0 Å². The van der Waals surface area contributed by atoms with Gasteiger partial charge in [0.2, 0.25) is 11.9 Å². The Balaban J connectivity index is 1.11. The van der Waals surface area contributed by atoms with Crippen LogP contribution < -0.4 is 16.0 Å². The molecule has 0 radical (unpaired) electrons. The average molecular weight is 658 g/mol. The van der Waals surface area contributed by atoms with Crippen LogP contribution in [-0.2, 0) is 17.8 Å². The van der Waals surface area contributed by atoms with Gasteiger partial charge in [0.1, 0.15) is 0 Å². The topological polar surface area (TPSA) is 118 Å². The van der Waals surface area contributed by atoms with E-state index in [4.69, 9.17) is 20.7 Å². The van der Waals surface area contributed by atoms with Crippen molar-refractivity contribution in [2.45, 2.75) is 70.9 Å². The molecule has 0 bridgehead atoms. The van der Waals surface area contributed by atoms with Crippen LogP contribution in [0.25, 0.3) is 27.7 Å².